The van der Waals surface area contributed by atoms with Crippen LogP contribution in [0, 0.1) is 0 Å². The predicted molar refractivity (Wildman–Crippen MR) is 73.9 cm³/mol. The minimum absolute atomic E-state index is 0.730. The number of nitrogen functional groups attached to an aromatic ring is 1. The number of hydrogen-bond donors (Lipinski definition) is 2. The van der Waals surface area contributed by atoms with Crippen LogP contribution in [0.25, 0.3) is 10.8 Å². The molecule has 0 saturated carbocycles. The second-order valence-corrected chi connectivity index (χ2v) is 3.70. The molecule has 0 spiro atoms. The summed E-state index contributed by atoms with van der Waals surface area (Å²) in [7, 11) is 1.68. The highest BCUT2D eigenvalue weighted by Gasteiger charge is 1.92. The second kappa shape index (κ2) is 7.65. The van der Waals surface area contributed by atoms with Crippen molar-refractivity contribution >= 4 is 16.5 Å². The fourth-order valence-electron chi connectivity index (χ4n) is 1.48. The molecule has 0 radical (unpaired) electrons. The van der Waals surface area contributed by atoms with Gasteiger partial charge in [0.05, 0.1) is 0 Å². The molecule has 0 amide bonds. The van der Waals surface area contributed by atoms with Gasteiger partial charge in [-0.3, -0.25) is 0 Å². The van der Waals surface area contributed by atoms with E-state index >= 15 is 0 Å². The first-order valence-electron chi connectivity index (χ1n) is 5.72. The molecule has 0 aliphatic heterocycles. The van der Waals surface area contributed by atoms with Crippen LogP contribution in [-0.2, 0) is 4.74 Å². The molecule has 4 N–H and O–H groups in total. The third-order valence-electron chi connectivity index (χ3n) is 2.38. The molecule has 0 fully saturated rings. The van der Waals surface area contributed by atoms with Crippen molar-refractivity contribution in [2.45, 2.75) is 6.42 Å². The van der Waals surface area contributed by atoms with Crippen molar-refractivity contribution in [2.75, 3.05) is 26.0 Å². The lowest BCUT2D eigenvalue weighted by molar-refractivity contribution is 0.197. The first-order valence-corrected chi connectivity index (χ1v) is 5.72. The van der Waals surface area contributed by atoms with Gasteiger partial charge in [0.2, 0.25) is 0 Å². The predicted octanol–water partition coefficient (Wildman–Crippen LogP) is 2.40. The maximum atomic E-state index is 5.76. The Morgan fingerprint density at radius 3 is 2.35 bits per heavy atom. The molecule has 0 heterocycles. The largest absolute Gasteiger partial charge is 0.398 e. The number of ether oxygens (including phenoxy) is 1. The van der Waals surface area contributed by atoms with Gasteiger partial charge in [0.15, 0.2) is 0 Å². The van der Waals surface area contributed by atoms with E-state index in [1.165, 1.54) is 5.39 Å². The minimum Gasteiger partial charge on any atom is -0.398 e. The van der Waals surface area contributed by atoms with Crippen LogP contribution in [-0.4, -0.2) is 20.3 Å². The first-order chi connectivity index (χ1) is 8.29. The van der Waals surface area contributed by atoms with E-state index in [4.69, 9.17) is 16.2 Å². The molecule has 2 aromatic carbocycles. The Hall–Kier alpha value is -1.58. The van der Waals surface area contributed by atoms with Gasteiger partial charge in [-0.15, -0.1) is 0 Å². The van der Waals surface area contributed by atoms with Crippen LogP contribution in [0.5, 0.6) is 0 Å². The Morgan fingerprint density at radius 1 is 1.06 bits per heavy atom. The van der Waals surface area contributed by atoms with E-state index in [0.717, 1.165) is 30.6 Å². The molecule has 92 valence electrons. The summed E-state index contributed by atoms with van der Waals surface area (Å²) >= 11 is 0. The minimum atomic E-state index is 0.730. The average Bonchev–Trinajstić information content (AvgIpc) is 2.38. The number of nitrogens with two attached hydrogens (primary N) is 2. The number of anilines is 1. The molecule has 0 saturated heterocycles. The van der Waals surface area contributed by atoms with Crippen molar-refractivity contribution in [1.82, 2.24) is 0 Å². The molecule has 17 heavy (non-hydrogen) atoms. The average molecular weight is 232 g/mol. The SMILES string of the molecule is COCCCN.Nc1cccc2ccccc12. The second-order valence-electron chi connectivity index (χ2n) is 3.70. The van der Waals surface area contributed by atoms with E-state index in [9.17, 15) is 0 Å². The van der Waals surface area contributed by atoms with Gasteiger partial charge in [-0.2, -0.15) is 0 Å². The van der Waals surface area contributed by atoms with Gasteiger partial charge >= 0.3 is 0 Å². The van der Waals surface area contributed by atoms with E-state index in [0.29, 0.717) is 0 Å². The summed E-state index contributed by atoms with van der Waals surface area (Å²) in [5, 5.41) is 2.34. The van der Waals surface area contributed by atoms with Crippen LogP contribution in [0.2, 0.25) is 0 Å². The van der Waals surface area contributed by atoms with Gasteiger partial charge < -0.3 is 16.2 Å². The molecule has 0 aromatic heterocycles. The zero-order valence-electron chi connectivity index (χ0n) is 10.2. The zero-order chi connectivity index (χ0) is 12.5. The molecular formula is C14H20N2O. The third kappa shape index (κ3) is 4.43. The lowest BCUT2D eigenvalue weighted by Gasteiger charge is -1.98. The summed E-state index contributed by atoms with van der Waals surface area (Å²) in [4.78, 5) is 0. The van der Waals surface area contributed by atoms with Crippen molar-refractivity contribution in [1.29, 1.82) is 0 Å². The van der Waals surface area contributed by atoms with Gasteiger partial charge in [-0.05, 0) is 24.4 Å². The van der Waals surface area contributed by atoms with E-state index in [2.05, 4.69) is 12.1 Å². The molecular weight excluding hydrogens is 212 g/mol. The Morgan fingerprint density at radius 2 is 1.76 bits per heavy atom. The van der Waals surface area contributed by atoms with Crippen molar-refractivity contribution < 1.29 is 4.74 Å². The Balaban J connectivity index is 0.000000209. The van der Waals surface area contributed by atoms with Gasteiger partial charge in [0.1, 0.15) is 0 Å². The van der Waals surface area contributed by atoms with E-state index < -0.39 is 0 Å². The highest BCUT2D eigenvalue weighted by Crippen LogP contribution is 2.19. The zero-order valence-corrected chi connectivity index (χ0v) is 10.2. The van der Waals surface area contributed by atoms with Crippen molar-refractivity contribution in [3.8, 4) is 0 Å². The smallest absolute Gasteiger partial charge is 0.0474 e. The monoisotopic (exact) mass is 232 g/mol. The lowest BCUT2D eigenvalue weighted by Crippen LogP contribution is -2.01. The highest BCUT2D eigenvalue weighted by atomic mass is 16.5. The highest BCUT2D eigenvalue weighted by molar-refractivity contribution is 5.92. The van der Waals surface area contributed by atoms with Crippen LogP contribution in [0.4, 0.5) is 5.69 Å². The molecule has 0 aliphatic carbocycles. The van der Waals surface area contributed by atoms with Gasteiger partial charge in [-0.25, -0.2) is 0 Å². The van der Waals surface area contributed by atoms with Crippen LogP contribution in [0.15, 0.2) is 42.5 Å². The van der Waals surface area contributed by atoms with Crippen LogP contribution in [0.1, 0.15) is 6.42 Å². The van der Waals surface area contributed by atoms with Gasteiger partial charge in [0.25, 0.3) is 0 Å². The van der Waals surface area contributed by atoms with E-state index in [1.807, 2.05) is 30.3 Å². The van der Waals surface area contributed by atoms with E-state index in [-0.39, 0.29) is 0 Å². The lowest BCUT2D eigenvalue weighted by atomic mass is 10.1. The number of hydrogen-bond acceptors (Lipinski definition) is 3. The Labute approximate surface area is 102 Å². The molecule has 2 rings (SSSR count). The number of rotatable bonds is 3. The quantitative estimate of drug-likeness (QED) is 0.631. The molecule has 0 atom stereocenters. The number of methoxy groups -OCH3 is 1. The molecule has 0 bridgehead atoms. The normalized spacial score (nSPS) is 9.76. The summed E-state index contributed by atoms with van der Waals surface area (Å²) < 4.78 is 4.70. The maximum absolute atomic E-state index is 5.76. The summed E-state index contributed by atoms with van der Waals surface area (Å²) in [5.41, 5.74) is 11.7. The summed E-state index contributed by atoms with van der Waals surface area (Å²) in [5.74, 6) is 0. The van der Waals surface area contributed by atoms with Crippen LogP contribution in [0.3, 0.4) is 0 Å². The summed E-state index contributed by atoms with van der Waals surface area (Å²) in [6.45, 7) is 1.52. The van der Waals surface area contributed by atoms with Crippen LogP contribution < -0.4 is 11.5 Å². The maximum Gasteiger partial charge on any atom is 0.0474 e. The van der Waals surface area contributed by atoms with Crippen LogP contribution >= 0.6 is 0 Å². The topological polar surface area (TPSA) is 61.3 Å². The van der Waals surface area contributed by atoms with Crippen molar-refractivity contribution in [2.24, 2.45) is 5.73 Å². The summed E-state index contributed by atoms with van der Waals surface area (Å²) in [6.07, 6.45) is 0.969. The molecule has 0 unspecified atom stereocenters. The van der Waals surface area contributed by atoms with Crippen molar-refractivity contribution in [3.05, 3.63) is 42.5 Å². The fourth-order valence-corrected chi connectivity index (χ4v) is 1.48. The molecule has 3 nitrogen and oxygen atoms in total. The third-order valence-corrected chi connectivity index (χ3v) is 2.38. The summed E-state index contributed by atoms with van der Waals surface area (Å²) in [6, 6.07) is 14.1. The number of fused-ring (bicyclic) bond motifs is 1. The molecule has 3 heteroatoms. The first kappa shape index (κ1) is 13.5. The molecule has 0 aliphatic rings. The van der Waals surface area contributed by atoms with E-state index in [1.54, 1.807) is 7.11 Å². The van der Waals surface area contributed by atoms with Gasteiger partial charge in [0, 0.05) is 24.8 Å². The molecule has 2 aromatic rings. The Kier molecular flexibility index (Phi) is 6.07. The standard InChI is InChI=1S/C10H9N.C4H11NO/c11-10-7-3-5-8-4-1-2-6-9(8)10;1-6-4-2-3-5/h1-7H,11H2;2-5H2,1H3. The number of benzene rings is 2. The fraction of sp³-hybridized carbons (Fsp3) is 0.286. The Bertz CT molecular complexity index is 434. The van der Waals surface area contributed by atoms with Crippen molar-refractivity contribution in [3.63, 3.8) is 0 Å². The van der Waals surface area contributed by atoms with Gasteiger partial charge in [-0.1, -0.05) is 36.4 Å².